The van der Waals surface area contributed by atoms with Crippen LogP contribution in [0.15, 0.2) is 30.5 Å². The number of aryl methyl sites for hydroxylation is 2. The zero-order chi connectivity index (χ0) is 13.1. The molecule has 1 atom stereocenters. The van der Waals surface area contributed by atoms with Gasteiger partial charge in [0, 0.05) is 12.6 Å². The van der Waals surface area contributed by atoms with E-state index in [0.29, 0.717) is 0 Å². The maximum Gasteiger partial charge on any atom is 0.207 e. The van der Waals surface area contributed by atoms with Crippen LogP contribution < -0.4 is 5.32 Å². The van der Waals surface area contributed by atoms with Crippen molar-refractivity contribution in [1.29, 1.82) is 0 Å². The van der Waals surface area contributed by atoms with Crippen molar-refractivity contribution in [3.05, 3.63) is 41.6 Å². The van der Waals surface area contributed by atoms with Gasteiger partial charge in [0.1, 0.15) is 0 Å². The number of nitrogens with zero attached hydrogens (tertiary/aromatic N) is 2. The number of benzene rings is 1. The van der Waals surface area contributed by atoms with Gasteiger partial charge in [0.2, 0.25) is 6.41 Å². The van der Waals surface area contributed by atoms with E-state index in [9.17, 15) is 4.79 Å². The average molecular weight is 243 g/mol. The molecule has 0 aliphatic rings. The third-order valence-electron chi connectivity index (χ3n) is 3.12. The quantitative estimate of drug-likeness (QED) is 0.837. The van der Waals surface area contributed by atoms with Gasteiger partial charge >= 0.3 is 0 Å². The molecule has 18 heavy (non-hydrogen) atoms. The van der Waals surface area contributed by atoms with Crippen LogP contribution in [-0.4, -0.2) is 16.2 Å². The molecule has 2 aromatic rings. The van der Waals surface area contributed by atoms with Gasteiger partial charge in [0.25, 0.3) is 0 Å². The first-order chi connectivity index (χ1) is 8.63. The third-order valence-corrected chi connectivity index (χ3v) is 3.12. The summed E-state index contributed by atoms with van der Waals surface area (Å²) in [5, 5.41) is 6.98. The first kappa shape index (κ1) is 12.4. The second-order valence-electron chi connectivity index (χ2n) is 4.43. The summed E-state index contributed by atoms with van der Waals surface area (Å²) in [4.78, 5) is 10.4. The van der Waals surface area contributed by atoms with E-state index in [1.807, 2.05) is 43.9 Å². The number of nitrogens with one attached hydrogen (secondary N) is 1. The molecule has 0 aliphatic heterocycles. The van der Waals surface area contributed by atoms with Crippen molar-refractivity contribution in [3.8, 4) is 11.3 Å². The Morgan fingerprint density at radius 3 is 2.50 bits per heavy atom. The molecule has 0 saturated heterocycles. The first-order valence-corrected chi connectivity index (χ1v) is 5.92. The predicted octanol–water partition coefficient (Wildman–Crippen LogP) is 2.20. The molecule has 0 radical (unpaired) electrons. The van der Waals surface area contributed by atoms with Crippen LogP contribution in [0.5, 0.6) is 0 Å². The lowest BCUT2D eigenvalue weighted by Gasteiger charge is -2.11. The van der Waals surface area contributed by atoms with Crippen LogP contribution in [0.4, 0.5) is 0 Å². The summed E-state index contributed by atoms with van der Waals surface area (Å²) >= 11 is 0. The minimum Gasteiger partial charge on any atom is -0.352 e. The Balaban J connectivity index is 2.30. The van der Waals surface area contributed by atoms with Crippen LogP contribution in [0.1, 0.15) is 24.1 Å². The zero-order valence-electron chi connectivity index (χ0n) is 10.8. The number of carbonyl (C=O) groups is 1. The normalized spacial score (nSPS) is 12.2. The molecular weight excluding hydrogens is 226 g/mol. The molecular formula is C14H17N3O. The van der Waals surface area contributed by atoms with Gasteiger partial charge in [-0.25, -0.2) is 0 Å². The SMILES string of the molecule is Cc1cnn(C)c1-c1ccc(C(C)NC=O)cc1. The summed E-state index contributed by atoms with van der Waals surface area (Å²) in [7, 11) is 1.94. The maximum atomic E-state index is 10.4. The van der Waals surface area contributed by atoms with Gasteiger partial charge < -0.3 is 5.32 Å². The van der Waals surface area contributed by atoms with E-state index < -0.39 is 0 Å². The molecule has 1 aromatic heterocycles. The molecule has 0 spiro atoms. The van der Waals surface area contributed by atoms with Crippen LogP contribution in [0.2, 0.25) is 0 Å². The minimum absolute atomic E-state index is 0.0317. The molecule has 0 fully saturated rings. The molecule has 0 saturated carbocycles. The largest absolute Gasteiger partial charge is 0.352 e. The van der Waals surface area contributed by atoms with E-state index in [1.165, 1.54) is 0 Å². The van der Waals surface area contributed by atoms with Gasteiger partial charge in [-0.2, -0.15) is 5.10 Å². The van der Waals surface area contributed by atoms with Gasteiger partial charge in [-0.05, 0) is 25.0 Å². The first-order valence-electron chi connectivity index (χ1n) is 5.92. The third kappa shape index (κ3) is 2.27. The van der Waals surface area contributed by atoms with Crippen LogP contribution in [0.25, 0.3) is 11.3 Å². The second kappa shape index (κ2) is 5.04. The van der Waals surface area contributed by atoms with Crippen molar-refractivity contribution >= 4 is 6.41 Å². The summed E-state index contributed by atoms with van der Waals surface area (Å²) in [6.45, 7) is 4.01. The fourth-order valence-electron chi connectivity index (χ4n) is 2.09. The Kier molecular flexibility index (Phi) is 3.46. The van der Waals surface area contributed by atoms with Gasteiger partial charge in [-0.3, -0.25) is 9.48 Å². The number of amides is 1. The highest BCUT2D eigenvalue weighted by atomic mass is 16.1. The van der Waals surface area contributed by atoms with Crippen LogP contribution >= 0.6 is 0 Å². The van der Waals surface area contributed by atoms with Crippen molar-refractivity contribution in [2.75, 3.05) is 0 Å². The highest BCUT2D eigenvalue weighted by Crippen LogP contribution is 2.24. The summed E-state index contributed by atoms with van der Waals surface area (Å²) in [6, 6.07) is 8.21. The van der Waals surface area contributed by atoms with E-state index in [4.69, 9.17) is 0 Å². The fraction of sp³-hybridized carbons (Fsp3) is 0.286. The average Bonchev–Trinajstić information content (AvgIpc) is 2.70. The maximum absolute atomic E-state index is 10.4. The standard InChI is InChI=1S/C14H17N3O/c1-10-8-16-17(3)14(10)13-6-4-12(5-7-13)11(2)15-9-18/h4-9,11H,1-3H3,(H,15,18). The molecule has 0 aliphatic carbocycles. The monoisotopic (exact) mass is 243 g/mol. The summed E-state index contributed by atoms with van der Waals surface area (Å²) in [5.74, 6) is 0. The number of carbonyl (C=O) groups excluding carboxylic acids is 1. The molecule has 0 bridgehead atoms. The van der Waals surface area contributed by atoms with E-state index in [-0.39, 0.29) is 6.04 Å². The highest BCUT2D eigenvalue weighted by Gasteiger charge is 2.08. The van der Waals surface area contributed by atoms with E-state index in [0.717, 1.165) is 28.8 Å². The summed E-state index contributed by atoms with van der Waals surface area (Å²) in [5.41, 5.74) is 4.50. The summed E-state index contributed by atoms with van der Waals surface area (Å²) in [6.07, 6.45) is 2.59. The second-order valence-corrected chi connectivity index (χ2v) is 4.43. The molecule has 4 heteroatoms. The Labute approximate surface area is 107 Å². The molecule has 1 aromatic carbocycles. The molecule has 1 heterocycles. The van der Waals surface area contributed by atoms with Crippen molar-refractivity contribution in [3.63, 3.8) is 0 Å². The number of hydrogen-bond acceptors (Lipinski definition) is 2. The smallest absolute Gasteiger partial charge is 0.207 e. The van der Waals surface area contributed by atoms with Gasteiger partial charge in [-0.15, -0.1) is 0 Å². The topological polar surface area (TPSA) is 46.9 Å². The highest BCUT2D eigenvalue weighted by molar-refractivity contribution is 5.63. The Bertz CT molecular complexity index is 523. The van der Waals surface area contributed by atoms with E-state index in [1.54, 1.807) is 0 Å². The Morgan fingerprint density at radius 1 is 1.33 bits per heavy atom. The molecule has 1 amide bonds. The number of aromatic nitrogens is 2. The van der Waals surface area contributed by atoms with Gasteiger partial charge in [-0.1, -0.05) is 24.3 Å². The fourth-order valence-corrected chi connectivity index (χ4v) is 2.09. The lowest BCUT2D eigenvalue weighted by atomic mass is 10.0. The van der Waals surface area contributed by atoms with Crippen LogP contribution in [0.3, 0.4) is 0 Å². The van der Waals surface area contributed by atoms with Gasteiger partial charge in [0.15, 0.2) is 0 Å². The van der Waals surface area contributed by atoms with Gasteiger partial charge in [0.05, 0.1) is 17.9 Å². The molecule has 1 N–H and O–H groups in total. The summed E-state index contributed by atoms with van der Waals surface area (Å²) < 4.78 is 1.87. The van der Waals surface area contributed by atoms with Crippen molar-refractivity contribution < 1.29 is 4.79 Å². The van der Waals surface area contributed by atoms with E-state index in [2.05, 4.69) is 22.5 Å². The van der Waals surface area contributed by atoms with Crippen molar-refractivity contribution in [2.24, 2.45) is 7.05 Å². The van der Waals surface area contributed by atoms with Crippen LogP contribution in [-0.2, 0) is 11.8 Å². The number of hydrogen-bond donors (Lipinski definition) is 1. The molecule has 1 unspecified atom stereocenters. The lowest BCUT2D eigenvalue weighted by molar-refractivity contribution is -0.110. The minimum atomic E-state index is 0.0317. The molecule has 94 valence electrons. The zero-order valence-corrected chi connectivity index (χ0v) is 10.8. The Morgan fingerprint density at radius 2 is 2.00 bits per heavy atom. The molecule has 4 nitrogen and oxygen atoms in total. The van der Waals surface area contributed by atoms with E-state index >= 15 is 0 Å². The molecule has 2 rings (SSSR count). The lowest BCUT2D eigenvalue weighted by Crippen LogP contribution is -2.15. The van der Waals surface area contributed by atoms with Crippen molar-refractivity contribution in [2.45, 2.75) is 19.9 Å². The number of rotatable bonds is 4. The Hall–Kier alpha value is -2.10. The predicted molar refractivity (Wildman–Crippen MR) is 71.0 cm³/mol. The van der Waals surface area contributed by atoms with Crippen LogP contribution in [0, 0.1) is 6.92 Å². The van der Waals surface area contributed by atoms with Crippen molar-refractivity contribution in [1.82, 2.24) is 15.1 Å².